The lowest BCUT2D eigenvalue weighted by atomic mass is 9.63. The number of benzene rings is 1. The van der Waals surface area contributed by atoms with Gasteiger partial charge in [0.05, 0.1) is 0 Å². The van der Waals surface area contributed by atoms with Crippen LogP contribution in [0, 0.1) is 38.5 Å². The van der Waals surface area contributed by atoms with E-state index in [1.807, 2.05) is 0 Å². The van der Waals surface area contributed by atoms with Crippen molar-refractivity contribution >= 4 is 11.9 Å². The van der Waals surface area contributed by atoms with Crippen molar-refractivity contribution in [1.29, 1.82) is 0 Å². The van der Waals surface area contributed by atoms with Crippen molar-refractivity contribution in [3.8, 4) is 0 Å². The standard InChI is InChI=1S/C19H26O.CH2O3/c1-12-8-13(2)17(14(3)9-12)11-19(20)18-10-15-4-6-16(18)7-5-15;2-1(3)4/h8-9,15-16,18H,4-7,10-11H2,1-3H3;(H2,2,3,4). The van der Waals surface area contributed by atoms with E-state index in [2.05, 4.69) is 32.9 Å². The SMILES string of the molecule is Cc1cc(C)c(CC(=O)C2CC3CCC2CC3)c(C)c1.O=C(O)O. The van der Waals surface area contributed by atoms with Crippen LogP contribution in [0.15, 0.2) is 12.1 Å². The number of ketones is 1. The molecule has 0 amide bonds. The van der Waals surface area contributed by atoms with Gasteiger partial charge in [-0.2, -0.15) is 0 Å². The molecular weight excluding hydrogens is 304 g/mol. The van der Waals surface area contributed by atoms with Crippen LogP contribution in [-0.2, 0) is 11.2 Å². The van der Waals surface area contributed by atoms with E-state index in [0.29, 0.717) is 24.0 Å². The first kappa shape index (κ1) is 18.5. The van der Waals surface area contributed by atoms with Gasteiger partial charge in [-0.25, -0.2) is 4.79 Å². The number of Topliss-reactive ketones (excluding diaryl/α,β-unsaturated/α-hetero) is 1. The molecule has 1 aromatic carbocycles. The molecule has 0 radical (unpaired) electrons. The zero-order chi connectivity index (χ0) is 17.9. The third-order valence-electron chi connectivity index (χ3n) is 5.65. The zero-order valence-electron chi connectivity index (χ0n) is 14.8. The predicted molar refractivity (Wildman–Crippen MR) is 93.6 cm³/mol. The molecule has 0 spiro atoms. The molecular formula is C20H28O4. The quantitative estimate of drug-likeness (QED) is 0.836. The smallest absolute Gasteiger partial charge is 0.450 e. The third kappa shape index (κ3) is 4.59. The Morgan fingerprint density at radius 3 is 1.92 bits per heavy atom. The first-order valence-electron chi connectivity index (χ1n) is 8.79. The fourth-order valence-electron chi connectivity index (χ4n) is 4.57. The third-order valence-corrected chi connectivity index (χ3v) is 5.65. The zero-order valence-corrected chi connectivity index (χ0v) is 14.8. The summed E-state index contributed by atoms with van der Waals surface area (Å²) < 4.78 is 0. The average Bonchev–Trinajstić information content (AvgIpc) is 2.51. The highest BCUT2D eigenvalue weighted by atomic mass is 16.6. The first-order valence-corrected chi connectivity index (χ1v) is 8.79. The highest BCUT2D eigenvalue weighted by Crippen LogP contribution is 2.45. The Labute approximate surface area is 143 Å². The lowest BCUT2D eigenvalue weighted by molar-refractivity contribution is -0.127. The fraction of sp³-hybridized carbons (Fsp3) is 0.600. The molecule has 0 saturated heterocycles. The summed E-state index contributed by atoms with van der Waals surface area (Å²) >= 11 is 0. The number of hydrogen-bond acceptors (Lipinski definition) is 2. The second-order valence-corrected chi connectivity index (χ2v) is 7.43. The van der Waals surface area contributed by atoms with Crippen LogP contribution in [0.5, 0.6) is 0 Å². The normalized spacial score (nSPS) is 24.9. The molecule has 3 fully saturated rings. The number of carboxylic acid groups (broad SMARTS) is 2. The maximum atomic E-state index is 12.7. The summed E-state index contributed by atoms with van der Waals surface area (Å²) in [6.45, 7) is 6.43. The molecule has 4 rings (SSSR count). The Bertz CT molecular complexity index is 585. The summed E-state index contributed by atoms with van der Waals surface area (Å²) in [6, 6.07) is 4.42. The summed E-state index contributed by atoms with van der Waals surface area (Å²) in [7, 11) is 0. The fourth-order valence-corrected chi connectivity index (χ4v) is 4.57. The maximum absolute atomic E-state index is 12.7. The van der Waals surface area contributed by atoms with Crippen LogP contribution >= 0.6 is 0 Å². The molecule has 24 heavy (non-hydrogen) atoms. The Kier molecular flexibility index (Phi) is 6.03. The number of fused-ring (bicyclic) bond motifs is 3. The molecule has 4 nitrogen and oxygen atoms in total. The lowest BCUT2D eigenvalue weighted by Gasteiger charge is -2.41. The largest absolute Gasteiger partial charge is 0.503 e. The van der Waals surface area contributed by atoms with E-state index in [0.717, 1.165) is 5.92 Å². The number of rotatable bonds is 3. The summed E-state index contributed by atoms with van der Waals surface area (Å²) in [6.07, 6.45) is 5.34. The Hall–Kier alpha value is -1.84. The predicted octanol–water partition coefficient (Wildman–Crippen LogP) is 4.77. The van der Waals surface area contributed by atoms with Crippen LogP contribution < -0.4 is 0 Å². The van der Waals surface area contributed by atoms with Crippen molar-refractivity contribution in [3.05, 3.63) is 34.4 Å². The second kappa shape index (κ2) is 7.82. The molecule has 1 aromatic rings. The Balaban J connectivity index is 0.000000471. The number of aryl methyl sites for hydroxylation is 3. The minimum absolute atomic E-state index is 0.364. The summed E-state index contributed by atoms with van der Waals surface area (Å²) in [5.74, 6) is 2.41. The van der Waals surface area contributed by atoms with Crippen LogP contribution in [0.3, 0.4) is 0 Å². The van der Waals surface area contributed by atoms with Crippen molar-refractivity contribution in [2.75, 3.05) is 0 Å². The van der Waals surface area contributed by atoms with Crippen molar-refractivity contribution in [2.45, 2.75) is 59.3 Å². The van der Waals surface area contributed by atoms with Gasteiger partial charge in [0.1, 0.15) is 5.78 Å². The topological polar surface area (TPSA) is 74.6 Å². The van der Waals surface area contributed by atoms with E-state index in [9.17, 15) is 4.79 Å². The van der Waals surface area contributed by atoms with E-state index < -0.39 is 6.16 Å². The summed E-state index contributed by atoms with van der Waals surface area (Å²) in [5, 5.41) is 13.9. The van der Waals surface area contributed by atoms with E-state index in [1.165, 1.54) is 54.4 Å². The van der Waals surface area contributed by atoms with Crippen molar-refractivity contribution in [3.63, 3.8) is 0 Å². The minimum Gasteiger partial charge on any atom is -0.450 e. The van der Waals surface area contributed by atoms with Gasteiger partial charge in [-0.1, -0.05) is 30.5 Å². The summed E-state index contributed by atoms with van der Waals surface area (Å²) in [4.78, 5) is 21.3. The van der Waals surface area contributed by atoms with Crippen LogP contribution in [0.2, 0.25) is 0 Å². The monoisotopic (exact) mass is 332 g/mol. The van der Waals surface area contributed by atoms with Gasteiger partial charge in [-0.05, 0) is 68.6 Å². The molecule has 0 aromatic heterocycles. The molecule has 3 aliphatic carbocycles. The number of carbonyl (C=O) groups is 2. The van der Waals surface area contributed by atoms with Gasteiger partial charge in [0.2, 0.25) is 0 Å². The Morgan fingerprint density at radius 1 is 1.00 bits per heavy atom. The molecule has 0 heterocycles. The molecule has 132 valence electrons. The maximum Gasteiger partial charge on any atom is 0.503 e. The van der Waals surface area contributed by atoms with Crippen molar-refractivity contribution in [1.82, 2.24) is 0 Å². The van der Waals surface area contributed by atoms with E-state index in [4.69, 9.17) is 15.0 Å². The molecule has 0 aliphatic heterocycles. The highest BCUT2D eigenvalue weighted by Gasteiger charge is 2.39. The van der Waals surface area contributed by atoms with Gasteiger partial charge >= 0.3 is 6.16 Å². The molecule has 1 unspecified atom stereocenters. The molecule has 2 N–H and O–H groups in total. The van der Waals surface area contributed by atoms with Gasteiger partial charge in [-0.3, -0.25) is 4.79 Å². The van der Waals surface area contributed by atoms with Gasteiger partial charge in [0.15, 0.2) is 0 Å². The molecule has 2 bridgehead atoms. The van der Waals surface area contributed by atoms with Gasteiger partial charge < -0.3 is 10.2 Å². The van der Waals surface area contributed by atoms with Crippen LogP contribution in [0.25, 0.3) is 0 Å². The van der Waals surface area contributed by atoms with Crippen molar-refractivity contribution < 1.29 is 19.8 Å². The van der Waals surface area contributed by atoms with Gasteiger partial charge in [0.25, 0.3) is 0 Å². The Morgan fingerprint density at radius 2 is 1.50 bits per heavy atom. The second-order valence-electron chi connectivity index (χ2n) is 7.43. The molecule has 3 saturated carbocycles. The van der Waals surface area contributed by atoms with E-state index in [-0.39, 0.29) is 0 Å². The molecule has 1 atom stereocenters. The summed E-state index contributed by atoms with van der Waals surface area (Å²) in [5.41, 5.74) is 5.16. The molecule has 3 aliphatic rings. The van der Waals surface area contributed by atoms with Crippen molar-refractivity contribution in [2.24, 2.45) is 17.8 Å². The first-order chi connectivity index (χ1) is 11.3. The van der Waals surface area contributed by atoms with Gasteiger partial charge in [-0.15, -0.1) is 0 Å². The van der Waals surface area contributed by atoms with E-state index in [1.54, 1.807) is 0 Å². The average molecular weight is 332 g/mol. The molecule has 4 heteroatoms. The van der Waals surface area contributed by atoms with Crippen LogP contribution in [-0.4, -0.2) is 22.2 Å². The van der Waals surface area contributed by atoms with E-state index >= 15 is 0 Å². The minimum atomic E-state index is -1.83. The number of hydrogen-bond donors (Lipinski definition) is 2. The van der Waals surface area contributed by atoms with Crippen LogP contribution in [0.1, 0.15) is 54.4 Å². The number of carbonyl (C=O) groups excluding carboxylic acids is 1. The van der Waals surface area contributed by atoms with Gasteiger partial charge in [0, 0.05) is 12.3 Å². The highest BCUT2D eigenvalue weighted by molar-refractivity contribution is 5.84. The van der Waals surface area contributed by atoms with Crippen LogP contribution in [0.4, 0.5) is 4.79 Å². The lowest BCUT2D eigenvalue weighted by Crippen LogP contribution is -2.36.